The lowest BCUT2D eigenvalue weighted by Crippen LogP contribution is -2.13. The summed E-state index contributed by atoms with van der Waals surface area (Å²) in [5.41, 5.74) is 1.58. The predicted molar refractivity (Wildman–Crippen MR) is 98.7 cm³/mol. The molecular formula is C17H13Cl2N5O. The van der Waals surface area contributed by atoms with Crippen molar-refractivity contribution in [3.63, 3.8) is 0 Å². The van der Waals surface area contributed by atoms with Gasteiger partial charge in [0.2, 0.25) is 0 Å². The number of hydrogen-bond acceptors (Lipinski definition) is 5. The molecule has 0 atom stereocenters. The second-order valence-corrected chi connectivity index (χ2v) is 5.96. The summed E-state index contributed by atoms with van der Waals surface area (Å²) in [4.78, 5) is 25.0. The zero-order chi connectivity index (χ0) is 17.8. The van der Waals surface area contributed by atoms with E-state index in [1.807, 2.05) is 6.92 Å². The molecule has 0 saturated carbocycles. The topological polar surface area (TPSA) is 79.8 Å². The third-order valence-electron chi connectivity index (χ3n) is 3.24. The number of amides is 1. The van der Waals surface area contributed by atoms with Gasteiger partial charge in [0.05, 0.1) is 33.7 Å². The Morgan fingerprint density at radius 1 is 1.00 bits per heavy atom. The number of hydrogen-bond donors (Lipinski definition) is 2. The largest absolute Gasteiger partial charge is 0.324 e. The number of carbonyl (C=O) groups is 1. The maximum atomic E-state index is 12.4. The number of benzene rings is 1. The summed E-state index contributed by atoms with van der Waals surface area (Å²) >= 11 is 12.1. The van der Waals surface area contributed by atoms with Crippen LogP contribution in [0.25, 0.3) is 0 Å². The van der Waals surface area contributed by atoms with Crippen LogP contribution >= 0.6 is 23.2 Å². The molecule has 2 aromatic heterocycles. The van der Waals surface area contributed by atoms with E-state index in [1.165, 1.54) is 0 Å². The first-order chi connectivity index (χ1) is 12.0. The van der Waals surface area contributed by atoms with Crippen LogP contribution in [0.3, 0.4) is 0 Å². The molecule has 0 saturated heterocycles. The molecule has 2 heterocycles. The van der Waals surface area contributed by atoms with E-state index in [2.05, 4.69) is 25.6 Å². The molecule has 0 aliphatic rings. The zero-order valence-electron chi connectivity index (χ0n) is 13.1. The van der Waals surface area contributed by atoms with Crippen LogP contribution in [-0.2, 0) is 0 Å². The summed E-state index contributed by atoms with van der Waals surface area (Å²) in [5, 5.41) is 6.34. The van der Waals surface area contributed by atoms with Crippen molar-refractivity contribution in [1.29, 1.82) is 0 Å². The molecule has 0 spiro atoms. The molecule has 3 aromatic rings. The smallest absolute Gasteiger partial charge is 0.258 e. The van der Waals surface area contributed by atoms with Gasteiger partial charge in [-0.05, 0) is 25.1 Å². The van der Waals surface area contributed by atoms with Crippen molar-refractivity contribution in [1.82, 2.24) is 15.0 Å². The highest BCUT2D eigenvalue weighted by molar-refractivity contribution is 6.40. The molecule has 25 heavy (non-hydrogen) atoms. The number of pyridine rings is 1. The molecule has 0 aliphatic carbocycles. The summed E-state index contributed by atoms with van der Waals surface area (Å²) < 4.78 is 0. The summed E-state index contributed by atoms with van der Waals surface area (Å²) in [5.74, 6) is 0.666. The van der Waals surface area contributed by atoms with Crippen LogP contribution in [0.4, 0.5) is 17.3 Å². The van der Waals surface area contributed by atoms with Crippen LogP contribution in [0, 0.1) is 6.92 Å². The van der Waals surface area contributed by atoms with Crippen molar-refractivity contribution in [3.05, 3.63) is 70.2 Å². The number of halogens is 2. The van der Waals surface area contributed by atoms with E-state index in [9.17, 15) is 4.79 Å². The van der Waals surface area contributed by atoms with Crippen molar-refractivity contribution in [3.8, 4) is 0 Å². The first kappa shape index (κ1) is 17.1. The highest BCUT2D eigenvalue weighted by atomic mass is 35.5. The van der Waals surface area contributed by atoms with E-state index in [1.54, 1.807) is 48.9 Å². The molecule has 0 unspecified atom stereocenters. The monoisotopic (exact) mass is 373 g/mol. The van der Waals surface area contributed by atoms with E-state index >= 15 is 0 Å². The van der Waals surface area contributed by atoms with Crippen LogP contribution in [0.5, 0.6) is 0 Å². The second-order valence-electron chi connectivity index (χ2n) is 5.15. The van der Waals surface area contributed by atoms with Gasteiger partial charge in [-0.15, -0.1) is 0 Å². The van der Waals surface area contributed by atoms with Crippen LogP contribution < -0.4 is 10.6 Å². The Balaban J connectivity index is 1.77. The molecule has 2 N–H and O–H groups in total. The van der Waals surface area contributed by atoms with E-state index < -0.39 is 5.91 Å². The highest BCUT2D eigenvalue weighted by Gasteiger charge is 2.14. The summed E-state index contributed by atoms with van der Waals surface area (Å²) in [7, 11) is 0. The molecule has 6 nitrogen and oxygen atoms in total. The van der Waals surface area contributed by atoms with Crippen LogP contribution in [0.15, 0.2) is 48.9 Å². The third-order valence-corrected chi connectivity index (χ3v) is 3.87. The standard InChI is InChI=1S/C17H13Cl2N5O/c1-10-8-22-15(9-21-10)24-14-7-11(5-6-20-14)23-17(25)16-12(18)3-2-4-13(16)19/h2-9H,1H3,(H2,20,22,23,24,25). The van der Waals surface area contributed by atoms with Crippen molar-refractivity contribution < 1.29 is 4.79 Å². The quantitative estimate of drug-likeness (QED) is 0.704. The van der Waals surface area contributed by atoms with Crippen molar-refractivity contribution in [2.24, 2.45) is 0 Å². The Morgan fingerprint density at radius 2 is 1.76 bits per heavy atom. The number of aryl methyl sites for hydroxylation is 1. The van der Waals surface area contributed by atoms with Gasteiger partial charge in [0.15, 0.2) is 0 Å². The average molecular weight is 374 g/mol. The minimum atomic E-state index is -0.400. The number of nitrogens with zero attached hydrogens (tertiary/aromatic N) is 3. The minimum absolute atomic E-state index is 0.224. The van der Waals surface area contributed by atoms with Gasteiger partial charge < -0.3 is 10.6 Å². The van der Waals surface area contributed by atoms with Gasteiger partial charge in [-0.3, -0.25) is 9.78 Å². The first-order valence-electron chi connectivity index (χ1n) is 7.30. The Hall–Kier alpha value is -2.70. The molecule has 0 fully saturated rings. The van der Waals surface area contributed by atoms with Gasteiger partial charge in [-0.1, -0.05) is 29.3 Å². The minimum Gasteiger partial charge on any atom is -0.324 e. The zero-order valence-corrected chi connectivity index (χ0v) is 14.6. The molecule has 8 heteroatoms. The lowest BCUT2D eigenvalue weighted by molar-refractivity contribution is 0.102. The Kier molecular flexibility index (Phi) is 5.11. The lowest BCUT2D eigenvalue weighted by Gasteiger charge is -2.10. The molecule has 0 bridgehead atoms. The number of carbonyl (C=O) groups excluding carboxylic acids is 1. The molecule has 0 aliphatic heterocycles. The predicted octanol–water partition coefficient (Wildman–Crippen LogP) is 4.48. The molecule has 0 radical (unpaired) electrons. The molecule has 1 aromatic carbocycles. The number of nitrogens with one attached hydrogen (secondary N) is 2. The van der Waals surface area contributed by atoms with Gasteiger partial charge in [0.25, 0.3) is 5.91 Å². The molecular weight excluding hydrogens is 361 g/mol. The van der Waals surface area contributed by atoms with Crippen LogP contribution in [-0.4, -0.2) is 20.9 Å². The Bertz CT molecular complexity index is 895. The lowest BCUT2D eigenvalue weighted by atomic mass is 10.2. The second kappa shape index (κ2) is 7.46. The van der Waals surface area contributed by atoms with E-state index in [4.69, 9.17) is 23.2 Å². The Labute approximate surface area is 154 Å². The maximum absolute atomic E-state index is 12.4. The fourth-order valence-corrected chi connectivity index (χ4v) is 2.64. The SMILES string of the molecule is Cc1cnc(Nc2cc(NC(=O)c3c(Cl)cccc3Cl)ccn2)cn1. The van der Waals surface area contributed by atoms with E-state index in [-0.39, 0.29) is 15.6 Å². The summed E-state index contributed by atoms with van der Waals surface area (Å²) in [6.07, 6.45) is 4.81. The Morgan fingerprint density at radius 3 is 2.44 bits per heavy atom. The molecule has 1 amide bonds. The van der Waals surface area contributed by atoms with Gasteiger partial charge in [-0.25, -0.2) is 9.97 Å². The molecule has 3 rings (SSSR count). The summed E-state index contributed by atoms with van der Waals surface area (Å²) in [6, 6.07) is 8.23. The highest BCUT2D eigenvalue weighted by Crippen LogP contribution is 2.25. The first-order valence-corrected chi connectivity index (χ1v) is 8.05. The third kappa shape index (κ3) is 4.23. The van der Waals surface area contributed by atoms with E-state index in [0.29, 0.717) is 17.3 Å². The molecule has 126 valence electrons. The van der Waals surface area contributed by atoms with Crippen LogP contribution in [0.1, 0.15) is 16.1 Å². The number of rotatable bonds is 4. The number of aromatic nitrogens is 3. The van der Waals surface area contributed by atoms with Gasteiger partial charge >= 0.3 is 0 Å². The number of anilines is 3. The maximum Gasteiger partial charge on any atom is 0.258 e. The van der Waals surface area contributed by atoms with Crippen molar-refractivity contribution >= 4 is 46.4 Å². The van der Waals surface area contributed by atoms with Gasteiger partial charge in [-0.2, -0.15) is 0 Å². The normalized spacial score (nSPS) is 10.4. The van der Waals surface area contributed by atoms with E-state index in [0.717, 1.165) is 5.69 Å². The van der Waals surface area contributed by atoms with Gasteiger partial charge in [0, 0.05) is 18.0 Å². The van der Waals surface area contributed by atoms with Crippen LogP contribution in [0.2, 0.25) is 10.0 Å². The van der Waals surface area contributed by atoms with Gasteiger partial charge in [0.1, 0.15) is 11.6 Å². The van der Waals surface area contributed by atoms with Crippen molar-refractivity contribution in [2.75, 3.05) is 10.6 Å². The fraction of sp³-hybridized carbons (Fsp3) is 0.0588. The van der Waals surface area contributed by atoms with Crippen molar-refractivity contribution in [2.45, 2.75) is 6.92 Å². The fourth-order valence-electron chi connectivity index (χ4n) is 2.07. The summed E-state index contributed by atoms with van der Waals surface area (Å²) in [6.45, 7) is 1.85. The average Bonchev–Trinajstić information content (AvgIpc) is 2.57.